The Labute approximate surface area is 175 Å². The first-order valence-corrected chi connectivity index (χ1v) is 9.43. The molecule has 1 aromatic heterocycles. The average Bonchev–Trinajstić information content (AvgIpc) is 2.73. The molecule has 148 valence electrons. The molecule has 0 fully saturated rings. The number of carbonyl (C=O) groups excluding carboxylic acids is 1. The number of pyridine rings is 1. The van der Waals surface area contributed by atoms with Crippen molar-refractivity contribution >= 4 is 28.9 Å². The molecule has 0 aliphatic carbocycles. The van der Waals surface area contributed by atoms with Crippen molar-refractivity contribution in [3.05, 3.63) is 77.5 Å². The molecule has 29 heavy (non-hydrogen) atoms. The summed E-state index contributed by atoms with van der Waals surface area (Å²) in [5, 5.41) is 3.30. The van der Waals surface area contributed by atoms with Gasteiger partial charge in [0.05, 0.1) is 24.1 Å². The lowest BCUT2D eigenvalue weighted by Gasteiger charge is -2.13. The highest BCUT2D eigenvalue weighted by molar-refractivity contribution is 7.80. The molecule has 3 aromatic rings. The van der Waals surface area contributed by atoms with Crippen LogP contribution in [0.1, 0.15) is 21.6 Å². The van der Waals surface area contributed by atoms with Crippen LogP contribution >= 0.6 is 12.2 Å². The van der Waals surface area contributed by atoms with Crippen LogP contribution in [0.4, 0.5) is 5.69 Å². The molecular formula is C22H22N4O2S. The van der Waals surface area contributed by atoms with Crippen LogP contribution < -0.4 is 20.9 Å². The van der Waals surface area contributed by atoms with Crippen molar-refractivity contribution in [3.8, 4) is 17.0 Å². The quantitative estimate of drug-likeness (QED) is 0.449. The zero-order chi connectivity index (χ0) is 20.8. The fourth-order valence-electron chi connectivity index (χ4n) is 2.70. The van der Waals surface area contributed by atoms with Gasteiger partial charge in [-0.15, -0.1) is 0 Å². The molecule has 0 atom stereocenters. The topological polar surface area (TPSA) is 75.3 Å². The van der Waals surface area contributed by atoms with Crippen molar-refractivity contribution in [1.82, 2.24) is 15.8 Å². The fraction of sp³-hybridized carbons (Fsp3) is 0.136. The highest BCUT2D eigenvalue weighted by Gasteiger charge is 2.12. The SMILES string of the molecule is COc1ccc(-c2ccc(C(=O)NNC(=S)Nc3ccc(C)cc3)c(C)n2)cc1. The number of ether oxygens (including phenoxy) is 1. The van der Waals surface area contributed by atoms with Gasteiger partial charge in [0.15, 0.2) is 5.11 Å². The second-order valence-corrected chi connectivity index (χ2v) is 6.87. The fourth-order valence-corrected chi connectivity index (χ4v) is 2.87. The Balaban J connectivity index is 1.61. The van der Waals surface area contributed by atoms with Crippen LogP contribution in [0.5, 0.6) is 5.75 Å². The summed E-state index contributed by atoms with van der Waals surface area (Å²) in [5.74, 6) is 0.465. The van der Waals surface area contributed by atoms with E-state index in [9.17, 15) is 4.79 Å². The van der Waals surface area contributed by atoms with E-state index in [2.05, 4.69) is 21.2 Å². The number of anilines is 1. The Hall–Kier alpha value is -3.45. The largest absolute Gasteiger partial charge is 0.497 e. The van der Waals surface area contributed by atoms with Crippen molar-refractivity contribution < 1.29 is 9.53 Å². The Morgan fingerprint density at radius 1 is 0.931 bits per heavy atom. The van der Waals surface area contributed by atoms with E-state index in [0.717, 1.165) is 28.3 Å². The molecule has 7 heteroatoms. The molecule has 2 aromatic carbocycles. The minimum absolute atomic E-state index is 0.294. The number of benzene rings is 2. The Morgan fingerprint density at radius 3 is 2.24 bits per heavy atom. The first-order valence-electron chi connectivity index (χ1n) is 9.02. The molecule has 0 spiro atoms. The van der Waals surface area contributed by atoms with E-state index in [0.29, 0.717) is 16.4 Å². The van der Waals surface area contributed by atoms with Gasteiger partial charge in [-0.05, 0) is 74.6 Å². The summed E-state index contributed by atoms with van der Waals surface area (Å²) in [6.07, 6.45) is 0. The number of amides is 1. The van der Waals surface area contributed by atoms with E-state index in [1.54, 1.807) is 20.1 Å². The second kappa shape index (κ2) is 9.16. The van der Waals surface area contributed by atoms with E-state index in [1.807, 2.05) is 61.5 Å². The van der Waals surface area contributed by atoms with Crippen LogP contribution in [-0.2, 0) is 0 Å². The highest BCUT2D eigenvalue weighted by atomic mass is 32.1. The van der Waals surface area contributed by atoms with Gasteiger partial charge >= 0.3 is 0 Å². The number of nitrogens with one attached hydrogen (secondary N) is 3. The van der Waals surface area contributed by atoms with Crippen LogP contribution in [-0.4, -0.2) is 23.1 Å². The van der Waals surface area contributed by atoms with E-state index in [1.165, 1.54) is 0 Å². The zero-order valence-corrected chi connectivity index (χ0v) is 17.3. The van der Waals surface area contributed by atoms with Crippen LogP contribution in [0, 0.1) is 13.8 Å². The second-order valence-electron chi connectivity index (χ2n) is 6.46. The van der Waals surface area contributed by atoms with Gasteiger partial charge in [0.1, 0.15) is 5.75 Å². The van der Waals surface area contributed by atoms with E-state index in [-0.39, 0.29) is 5.91 Å². The molecule has 3 rings (SSSR count). The Kier molecular flexibility index (Phi) is 6.41. The van der Waals surface area contributed by atoms with Gasteiger partial charge in [0, 0.05) is 11.3 Å². The van der Waals surface area contributed by atoms with Gasteiger partial charge in [-0.1, -0.05) is 17.7 Å². The van der Waals surface area contributed by atoms with E-state index in [4.69, 9.17) is 17.0 Å². The molecule has 0 aliphatic rings. The monoisotopic (exact) mass is 406 g/mol. The van der Waals surface area contributed by atoms with Crippen molar-refractivity contribution in [2.24, 2.45) is 0 Å². The number of rotatable bonds is 4. The average molecular weight is 407 g/mol. The summed E-state index contributed by atoms with van der Waals surface area (Å²) in [7, 11) is 1.63. The Bertz CT molecular complexity index is 1020. The number of nitrogens with zero attached hydrogens (tertiary/aromatic N) is 1. The number of aryl methyl sites for hydroxylation is 2. The molecule has 6 nitrogen and oxygen atoms in total. The zero-order valence-electron chi connectivity index (χ0n) is 16.4. The predicted octanol–water partition coefficient (Wildman–Crippen LogP) is 4.01. The molecule has 0 bridgehead atoms. The minimum atomic E-state index is -0.315. The normalized spacial score (nSPS) is 10.2. The van der Waals surface area contributed by atoms with Crippen molar-refractivity contribution in [3.63, 3.8) is 0 Å². The first-order chi connectivity index (χ1) is 14.0. The van der Waals surface area contributed by atoms with Crippen LogP contribution in [0.15, 0.2) is 60.7 Å². The standard InChI is InChI=1S/C22H22N4O2S/c1-14-4-8-17(9-5-14)24-22(29)26-25-21(27)19-12-13-20(23-15(19)2)16-6-10-18(28-3)11-7-16/h4-13H,1-3H3,(H,25,27)(H2,24,26,29). The Morgan fingerprint density at radius 2 is 1.62 bits per heavy atom. The number of hydrogen-bond acceptors (Lipinski definition) is 4. The number of carbonyl (C=O) groups is 1. The summed E-state index contributed by atoms with van der Waals surface area (Å²) in [6, 6.07) is 18.9. The van der Waals surface area contributed by atoms with Crippen LogP contribution in [0.2, 0.25) is 0 Å². The molecule has 0 saturated heterocycles. The third-order valence-electron chi connectivity index (χ3n) is 4.32. The minimum Gasteiger partial charge on any atom is -0.497 e. The van der Waals surface area contributed by atoms with Crippen molar-refractivity contribution in [2.75, 3.05) is 12.4 Å². The van der Waals surface area contributed by atoms with Gasteiger partial charge in [0.25, 0.3) is 5.91 Å². The van der Waals surface area contributed by atoms with Crippen LogP contribution in [0.3, 0.4) is 0 Å². The molecule has 0 radical (unpaired) electrons. The van der Waals surface area contributed by atoms with E-state index >= 15 is 0 Å². The maximum atomic E-state index is 12.5. The molecule has 0 saturated carbocycles. The molecule has 3 N–H and O–H groups in total. The number of aromatic nitrogens is 1. The van der Waals surface area contributed by atoms with Gasteiger partial charge in [0.2, 0.25) is 0 Å². The lowest BCUT2D eigenvalue weighted by atomic mass is 10.1. The van der Waals surface area contributed by atoms with Crippen molar-refractivity contribution in [1.29, 1.82) is 0 Å². The smallest absolute Gasteiger partial charge is 0.271 e. The highest BCUT2D eigenvalue weighted by Crippen LogP contribution is 2.22. The van der Waals surface area contributed by atoms with Crippen LogP contribution in [0.25, 0.3) is 11.3 Å². The van der Waals surface area contributed by atoms with Gasteiger partial charge in [-0.3, -0.25) is 20.6 Å². The lowest BCUT2D eigenvalue weighted by molar-refractivity contribution is 0.0943. The summed E-state index contributed by atoms with van der Waals surface area (Å²) in [4.78, 5) is 17.0. The lowest BCUT2D eigenvalue weighted by Crippen LogP contribution is -2.44. The summed E-state index contributed by atoms with van der Waals surface area (Å²) >= 11 is 5.21. The summed E-state index contributed by atoms with van der Waals surface area (Å²) in [5.41, 5.74) is 10.1. The number of hydrazine groups is 1. The molecule has 1 heterocycles. The van der Waals surface area contributed by atoms with E-state index < -0.39 is 0 Å². The van der Waals surface area contributed by atoms with Gasteiger partial charge in [-0.2, -0.15) is 0 Å². The third-order valence-corrected chi connectivity index (χ3v) is 4.52. The van der Waals surface area contributed by atoms with Gasteiger partial charge in [-0.25, -0.2) is 0 Å². The summed E-state index contributed by atoms with van der Waals surface area (Å²) < 4.78 is 5.17. The number of hydrogen-bond donors (Lipinski definition) is 3. The molecule has 0 aliphatic heterocycles. The number of thiocarbonyl (C=S) groups is 1. The molecule has 1 amide bonds. The van der Waals surface area contributed by atoms with Gasteiger partial charge < -0.3 is 10.1 Å². The maximum Gasteiger partial charge on any atom is 0.271 e. The molecule has 0 unspecified atom stereocenters. The molecular weight excluding hydrogens is 384 g/mol. The van der Waals surface area contributed by atoms with Crippen molar-refractivity contribution in [2.45, 2.75) is 13.8 Å². The predicted molar refractivity (Wildman–Crippen MR) is 119 cm³/mol. The summed E-state index contributed by atoms with van der Waals surface area (Å²) in [6.45, 7) is 3.81. The maximum absolute atomic E-state index is 12.5. The number of methoxy groups -OCH3 is 1. The third kappa shape index (κ3) is 5.30. The first kappa shape index (κ1) is 20.3.